The molecule has 1 unspecified atom stereocenters. The van der Waals surface area contributed by atoms with E-state index in [2.05, 4.69) is 15.5 Å². The zero-order valence-electron chi connectivity index (χ0n) is 21.0. The standard InChI is InChI=1S/C25H30ClN5O5S/c1-16-12-20(36-29-16)24(2,3)37(34,35)25(8-9-25)15-30-10-11-31-19(23(30)33)14-27-21(31)22(32)28-13-17-4-6-18(26)7-5-17/h4-7,14,20H,8-13,15H2,1-3H3,(H,28,32). The maximum atomic E-state index is 13.8. The number of hydrogen-bond donors (Lipinski definition) is 1. The molecule has 2 aromatic rings. The summed E-state index contributed by atoms with van der Waals surface area (Å²) in [5.41, 5.74) is 1.93. The molecule has 2 aliphatic heterocycles. The summed E-state index contributed by atoms with van der Waals surface area (Å²) in [4.78, 5) is 37.3. The van der Waals surface area contributed by atoms with Gasteiger partial charge < -0.3 is 19.6 Å². The number of rotatable bonds is 8. The molecule has 2 amide bonds. The molecule has 0 bridgehead atoms. The highest BCUT2D eigenvalue weighted by Crippen LogP contribution is 2.51. The van der Waals surface area contributed by atoms with Crippen LogP contribution in [0.3, 0.4) is 0 Å². The molecule has 198 valence electrons. The Labute approximate surface area is 220 Å². The van der Waals surface area contributed by atoms with Crippen LogP contribution < -0.4 is 5.32 Å². The number of imidazole rings is 1. The summed E-state index contributed by atoms with van der Waals surface area (Å²) < 4.78 is 27.1. The third kappa shape index (κ3) is 4.41. The van der Waals surface area contributed by atoms with Crippen LogP contribution in [0.4, 0.5) is 0 Å². The van der Waals surface area contributed by atoms with Crippen LogP contribution in [0.1, 0.15) is 66.7 Å². The first-order valence-electron chi connectivity index (χ1n) is 12.3. The highest BCUT2D eigenvalue weighted by Gasteiger charge is 2.63. The van der Waals surface area contributed by atoms with Crippen molar-refractivity contribution < 1.29 is 22.8 Å². The van der Waals surface area contributed by atoms with Crippen LogP contribution in [0.5, 0.6) is 0 Å². The molecule has 1 N–H and O–H groups in total. The van der Waals surface area contributed by atoms with Crippen molar-refractivity contribution >= 4 is 39.0 Å². The maximum absolute atomic E-state index is 13.8. The Kier molecular flexibility index (Phi) is 6.34. The predicted octanol–water partition coefficient (Wildman–Crippen LogP) is 2.81. The van der Waals surface area contributed by atoms with Gasteiger partial charge in [0.15, 0.2) is 21.8 Å². The Hall–Kier alpha value is -2.92. The van der Waals surface area contributed by atoms with Crippen LogP contribution in [0.2, 0.25) is 5.02 Å². The Balaban J connectivity index is 1.28. The number of fused-ring (bicyclic) bond motifs is 1. The van der Waals surface area contributed by atoms with Crippen molar-refractivity contribution in [3.63, 3.8) is 0 Å². The van der Waals surface area contributed by atoms with Gasteiger partial charge in [0, 0.05) is 37.6 Å². The summed E-state index contributed by atoms with van der Waals surface area (Å²) in [6, 6.07) is 7.14. The lowest BCUT2D eigenvalue weighted by Crippen LogP contribution is -2.54. The Morgan fingerprint density at radius 2 is 1.95 bits per heavy atom. The molecule has 1 aromatic heterocycles. The first-order chi connectivity index (χ1) is 17.4. The summed E-state index contributed by atoms with van der Waals surface area (Å²) >= 11 is 5.91. The van der Waals surface area contributed by atoms with Crippen LogP contribution in [0, 0.1) is 0 Å². The number of carbonyl (C=O) groups excluding carboxylic acids is 2. The molecule has 10 nitrogen and oxygen atoms in total. The van der Waals surface area contributed by atoms with Gasteiger partial charge in [-0.25, -0.2) is 13.4 Å². The van der Waals surface area contributed by atoms with Crippen LogP contribution in [-0.4, -0.2) is 69.1 Å². The minimum atomic E-state index is -3.67. The van der Waals surface area contributed by atoms with E-state index in [1.165, 1.54) is 6.20 Å². The zero-order chi connectivity index (χ0) is 26.6. The number of nitrogens with zero attached hydrogens (tertiary/aromatic N) is 4. The first-order valence-corrected chi connectivity index (χ1v) is 14.1. The van der Waals surface area contributed by atoms with Crippen LogP contribution >= 0.6 is 11.6 Å². The highest BCUT2D eigenvalue weighted by atomic mass is 35.5. The third-order valence-corrected chi connectivity index (χ3v) is 11.2. The van der Waals surface area contributed by atoms with Gasteiger partial charge in [-0.2, -0.15) is 0 Å². The topological polar surface area (TPSA) is 123 Å². The molecule has 0 spiro atoms. The van der Waals surface area contributed by atoms with E-state index in [1.54, 1.807) is 35.4 Å². The lowest BCUT2D eigenvalue weighted by Gasteiger charge is -2.37. The number of halogens is 1. The summed E-state index contributed by atoms with van der Waals surface area (Å²) in [6.45, 7) is 6.23. The number of oxime groups is 1. The molecule has 12 heteroatoms. The molecule has 37 heavy (non-hydrogen) atoms. The van der Waals surface area contributed by atoms with Crippen LogP contribution in [0.15, 0.2) is 35.6 Å². The lowest BCUT2D eigenvalue weighted by atomic mass is 10.0. The fourth-order valence-electron chi connectivity index (χ4n) is 5.05. The van der Waals surface area contributed by atoms with E-state index in [0.717, 1.165) is 11.3 Å². The minimum Gasteiger partial charge on any atom is -0.390 e. The number of benzene rings is 1. The number of aromatic nitrogens is 2. The van der Waals surface area contributed by atoms with Crippen LogP contribution in [0.25, 0.3) is 0 Å². The molecule has 5 rings (SSSR count). The van der Waals surface area contributed by atoms with E-state index in [0.29, 0.717) is 43.9 Å². The smallest absolute Gasteiger partial charge is 0.287 e. The van der Waals surface area contributed by atoms with Gasteiger partial charge in [0.2, 0.25) is 0 Å². The lowest BCUT2D eigenvalue weighted by molar-refractivity contribution is 0.0600. The summed E-state index contributed by atoms with van der Waals surface area (Å²) in [7, 11) is -3.67. The molecule has 3 heterocycles. The van der Waals surface area contributed by atoms with Gasteiger partial charge in [0.05, 0.1) is 16.7 Å². The van der Waals surface area contributed by atoms with Crippen molar-refractivity contribution in [2.75, 3.05) is 13.1 Å². The minimum absolute atomic E-state index is 0.105. The predicted molar refractivity (Wildman–Crippen MR) is 138 cm³/mol. The second-order valence-corrected chi connectivity index (χ2v) is 13.9. The van der Waals surface area contributed by atoms with Crippen LogP contribution in [-0.2, 0) is 27.8 Å². The Bertz CT molecular complexity index is 1380. The average molecular weight is 548 g/mol. The van der Waals surface area contributed by atoms with E-state index in [-0.39, 0.29) is 29.9 Å². The number of sulfone groups is 1. The van der Waals surface area contributed by atoms with Gasteiger partial charge in [-0.05, 0) is 51.3 Å². The summed E-state index contributed by atoms with van der Waals surface area (Å²) in [5.74, 6) is -0.564. The van der Waals surface area contributed by atoms with Crippen molar-refractivity contribution in [2.45, 2.75) is 68.7 Å². The number of hydrogen-bond acceptors (Lipinski definition) is 7. The van der Waals surface area contributed by atoms with E-state index in [9.17, 15) is 18.0 Å². The maximum Gasteiger partial charge on any atom is 0.287 e. The van der Waals surface area contributed by atoms with E-state index in [1.807, 2.05) is 19.1 Å². The fraction of sp³-hybridized carbons (Fsp3) is 0.520. The van der Waals surface area contributed by atoms with Crippen molar-refractivity contribution in [1.29, 1.82) is 0 Å². The van der Waals surface area contributed by atoms with Gasteiger partial charge in [-0.1, -0.05) is 28.9 Å². The van der Waals surface area contributed by atoms with Gasteiger partial charge in [0.1, 0.15) is 10.4 Å². The second kappa shape index (κ2) is 9.13. The van der Waals surface area contributed by atoms with Gasteiger partial charge in [-0.15, -0.1) is 0 Å². The van der Waals surface area contributed by atoms with Crippen molar-refractivity contribution in [3.8, 4) is 0 Å². The molecular weight excluding hydrogens is 518 g/mol. The molecule has 0 saturated heterocycles. The van der Waals surface area contributed by atoms with E-state index in [4.69, 9.17) is 16.4 Å². The second-order valence-electron chi connectivity index (χ2n) is 10.6. The fourth-order valence-corrected chi connectivity index (χ4v) is 7.73. The molecular formula is C25H30ClN5O5S. The Morgan fingerprint density at radius 1 is 1.24 bits per heavy atom. The molecule has 0 radical (unpaired) electrons. The van der Waals surface area contributed by atoms with Crippen molar-refractivity contribution in [2.24, 2.45) is 5.16 Å². The normalized spacial score (nSPS) is 20.8. The average Bonchev–Trinajstić information content (AvgIpc) is 3.30. The van der Waals surface area contributed by atoms with Gasteiger partial charge in [-0.3, -0.25) is 9.59 Å². The molecule has 1 saturated carbocycles. The van der Waals surface area contributed by atoms with E-state index >= 15 is 0 Å². The molecule has 1 fully saturated rings. The van der Waals surface area contributed by atoms with Gasteiger partial charge in [0.25, 0.3) is 11.8 Å². The monoisotopic (exact) mass is 547 g/mol. The quantitative estimate of drug-likeness (QED) is 0.542. The van der Waals surface area contributed by atoms with E-state index < -0.39 is 25.4 Å². The van der Waals surface area contributed by atoms with Gasteiger partial charge >= 0.3 is 0 Å². The van der Waals surface area contributed by atoms with Crippen molar-refractivity contribution in [1.82, 2.24) is 19.8 Å². The third-order valence-electron chi connectivity index (χ3n) is 7.67. The zero-order valence-corrected chi connectivity index (χ0v) is 22.6. The van der Waals surface area contributed by atoms with Crippen molar-refractivity contribution in [3.05, 3.63) is 52.6 Å². The first kappa shape index (κ1) is 25.7. The molecule has 3 aliphatic rings. The number of carbonyl (C=O) groups is 2. The Morgan fingerprint density at radius 3 is 2.57 bits per heavy atom. The highest BCUT2D eigenvalue weighted by molar-refractivity contribution is 7.94. The number of amides is 2. The SMILES string of the molecule is CC1=NOC(C(C)(C)S(=O)(=O)C2(CN3CCn4c(cnc4C(=O)NCc4ccc(Cl)cc4)C3=O)CC2)C1. The largest absolute Gasteiger partial charge is 0.390 e. The molecule has 1 aliphatic carbocycles. The summed E-state index contributed by atoms with van der Waals surface area (Å²) in [6.07, 6.45) is 2.28. The number of nitrogens with one attached hydrogen (secondary N) is 1. The summed E-state index contributed by atoms with van der Waals surface area (Å²) in [5, 5.41) is 7.38. The molecule has 1 aromatic carbocycles. The molecule has 1 atom stereocenters.